The van der Waals surface area contributed by atoms with Gasteiger partial charge in [-0.05, 0) is 24.3 Å². The first-order valence-electron chi connectivity index (χ1n) is 7.87. The molecule has 0 fully saturated rings. The molecule has 0 aliphatic rings. The van der Waals surface area contributed by atoms with Crippen LogP contribution in [0.15, 0.2) is 72.9 Å². The molecule has 3 rings (SSSR count). The van der Waals surface area contributed by atoms with E-state index >= 15 is 0 Å². The zero-order chi connectivity index (χ0) is 16.6. The maximum absolute atomic E-state index is 13.7. The Hall–Kier alpha value is -2.72. The van der Waals surface area contributed by atoms with Crippen molar-refractivity contribution in [3.63, 3.8) is 0 Å². The van der Waals surface area contributed by atoms with Crippen LogP contribution in [0.5, 0.6) is 5.75 Å². The molecule has 0 saturated heterocycles. The van der Waals surface area contributed by atoms with Gasteiger partial charge in [-0.2, -0.15) is 0 Å². The predicted molar refractivity (Wildman–Crippen MR) is 92.0 cm³/mol. The Kier molecular flexibility index (Phi) is 5.53. The van der Waals surface area contributed by atoms with Crippen molar-refractivity contribution in [3.8, 4) is 5.75 Å². The second kappa shape index (κ2) is 8.22. The van der Waals surface area contributed by atoms with E-state index in [0.717, 1.165) is 17.0 Å². The molecule has 0 amide bonds. The largest absolute Gasteiger partial charge is 0.488 e. The van der Waals surface area contributed by atoms with E-state index in [4.69, 9.17) is 4.74 Å². The number of halogens is 1. The van der Waals surface area contributed by atoms with Crippen LogP contribution in [0.2, 0.25) is 0 Å². The van der Waals surface area contributed by atoms with Gasteiger partial charge < -0.3 is 10.1 Å². The van der Waals surface area contributed by atoms with E-state index in [1.54, 1.807) is 18.3 Å². The summed E-state index contributed by atoms with van der Waals surface area (Å²) in [5.41, 5.74) is 2.57. The van der Waals surface area contributed by atoms with Crippen LogP contribution in [-0.2, 0) is 19.7 Å². The molecule has 0 radical (unpaired) electrons. The number of ether oxygens (including phenoxy) is 1. The highest BCUT2D eigenvalue weighted by Gasteiger charge is 2.06. The van der Waals surface area contributed by atoms with Crippen molar-refractivity contribution in [3.05, 3.63) is 95.6 Å². The minimum atomic E-state index is -0.247. The van der Waals surface area contributed by atoms with Crippen molar-refractivity contribution in [2.24, 2.45) is 0 Å². The summed E-state index contributed by atoms with van der Waals surface area (Å²) < 4.78 is 19.5. The third kappa shape index (κ3) is 4.40. The van der Waals surface area contributed by atoms with Crippen LogP contribution in [0.4, 0.5) is 4.39 Å². The number of nitrogens with zero attached hydrogens (tertiary/aromatic N) is 1. The standard InChI is InChI=1S/C20H19FN2O/c21-19-10-3-1-8-17(19)15-24-20-11-4-2-7-16(20)13-22-14-18-9-5-6-12-23-18/h1-12,22H,13-15H2. The molecule has 2 aromatic carbocycles. The van der Waals surface area contributed by atoms with Gasteiger partial charge in [-0.25, -0.2) is 4.39 Å². The number of pyridine rings is 1. The van der Waals surface area contributed by atoms with Crippen LogP contribution in [-0.4, -0.2) is 4.98 Å². The van der Waals surface area contributed by atoms with E-state index in [1.807, 2.05) is 48.5 Å². The summed E-state index contributed by atoms with van der Waals surface area (Å²) in [6.45, 7) is 1.55. The Labute approximate surface area is 141 Å². The molecule has 3 aromatic rings. The van der Waals surface area contributed by atoms with E-state index in [1.165, 1.54) is 6.07 Å². The first-order chi connectivity index (χ1) is 11.8. The highest BCUT2D eigenvalue weighted by Crippen LogP contribution is 2.20. The molecule has 1 N–H and O–H groups in total. The summed E-state index contributed by atoms with van der Waals surface area (Å²) >= 11 is 0. The average Bonchev–Trinajstić information content (AvgIpc) is 2.63. The molecular weight excluding hydrogens is 303 g/mol. The third-order valence-corrected chi connectivity index (χ3v) is 3.66. The third-order valence-electron chi connectivity index (χ3n) is 3.66. The van der Waals surface area contributed by atoms with Gasteiger partial charge in [-0.1, -0.05) is 42.5 Å². The second-order valence-electron chi connectivity index (χ2n) is 5.41. The van der Waals surface area contributed by atoms with E-state index in [0.29, 0.717) is 18.7 Å². The number of para-hydroxylation sites is 1. The zero-order valence-corrected chi connectivity index (χ0v) is 13.3. The normalized spacial score (nSPS) is 10.5. The van der Waals surface area contributed by atoms with Gasteiger partial charge in [0.2, 0.25) is 0 Å². The number of aromatic nitrogens is 1. The second-order valence-corrected chi connectivity index (χ2v) is 5.41. The molecule has 1 aromatic heterocycles. The monoisotopic (exact) mass is 322 g/mol. The number of nitrogens with one attached hydrogen (secondary N) is 1. The van der Waals surface area contributed by atoms with Gasteiger partial charge >= 0.3 is 0 Å². The van der Waals surface area contributed by atoms with Crippen LogP contribution in [0.1, 0.15) is 16.8 Å². The smallest absolute Gasteiger partial charge is 0.129 e. The summed E-state index contributed by atoms with van der Waals surface area (Å²) in [6.07, 6.45) is 1.78. The molecule has 0 saturated carbocycles. The minimum absolute atomic E-state index is 0.212. The van der Waals surface area contributed by atoms with Gasteiger partial charge in [-0.3, -0.25) is 4.98 Å². The van der Waals surface area contributed by atoms with E-state index in [2.05, 4.69) is 10.3 Å². The van der Waals surface area contributed by atoms with E-state index in [9.17, 15) is 4.39 Å². The number of hydrogen-bond donors (Lipinski definition) is 1. The molecule has 0 aliphatic carbocycles. The molecule has 1 heterocycles. The van der Waals surface area contributed by atoms with Gasteiger partial charge in [0.15, 0.2) is 0 Å². The lowest BCUT2D eigenvalue weighted by Gasteiger charge is -2.12. The number of hydrogen-bond acceptors (Lipinski definition) is 3. The fraction of sp³-hybridized carbons (Fsp3) is 0.150. The van der Waals surface area contributed by atoms with Crippen LogP contribution in [0.3, 0.4) is 0 Å². The summed E-state index contributed by atoms with van der Waals surface area (Å²) in [5.74, 6) is 0.512. The van der Waals surface area contributed by atoms with Gasteiger partial charge in [-0.15, -0.1) is 0 Å². The lowest BCUT2D eigenvalue weighted by molar-refractivity contribution is 0.296. The molecule has 0 spiro atoms. The zero-order valence-electron chi connectivity index (χ0n) is 13.3. The Morgan fingerprint density at radius 2 is 1.58 bits per heavy atom. The Bertz CT molecular complexity index is 777. The SMILES string of the molecule is Fc1ccccc1COc1ccccc1CNCc1ccccn1. The molecule has 24 heavy (non-hydrogen) atoms. The van der Waals surface area contributed by atoms with Gasteiger partial charge in [0, 0.05) is 30.4 Å². The molecule has 0 atom stereocenters. The maximum atomic E-state index is 13.7. The van der Waals surface area contributed by atoms with E-state index in [-0.39, 0.29) is 12.4 Å². The van der Waals surface area contributed by atoms with Crippen molar-refractivity contribution < 1.29 is 9.13 Å². The van der Waals surface area contributed by atoms with Crippen molar-refractivity contribution in [1.29, 1.82) is 0 Å². The molecule has 4 heteroatoms. The number of rotatable bonds is 7. The lowest BCUT2D eigenvalue weighted by atomic mass is 10.2. The van der Waals surface area contributed by atoms with Crippen LogP contribution >= 0.6 is 0 Å². The molecule has 0 aliphatic heterocycles. The molecule has 0 bridgehead atoms. The Morgan fingerprint density at radius 3 is 2.38 bits per heavy atom. The van der Waals surface area contributed by atoms with Crippen LogP contribution in [0.25, 0.3) is 0 Å². The summed E-state index contributed by atoms with van der Waals surface area (Å²) in [6, 6.07) is 20.3. The van der Waals surface area contributed by atoms with Crippen molar-refractivity contribution >= 4 is 0 Å². The van der Waals surface area contributed by atoms with E-state index < -0.39 is 0 Å². The van der Waals surface area contributed by atoms with Crippen LogP contribution in [0, 0.1) is 5.82 Å². The fourth-order valence-corrected chi connectivity index (χ4v) is 2.39. The number of benzene rings is 2. The summed E-state index contributed by atoms with van der Waals surface area (Å²) in [7, 11) is 0. The first kappa shape index (κ1) is 16.1. The minimum Gasteiger partial charge on any atom is -0.488 e. The molecule has 3 nitrogen and oxygen atoms in total. The first-order valence-corrected chi connectivity index (χ1v) is 7.87. The fourth-order valence-electron chi connectivity index (χ4n) is 2.39. The van der Waals surface area contributed by atoms with Gasteiger partial charge in [0.25, 0.3) is 0 Å². The highest BCUT2D eigenvalue weighted by molar-refractivity contribution is 5.33. The highest BCUT2D eigenvalue weighted by atomic mass is 19.1. The van der Waals surface area contributed by atoms with Crippen molar-refractivity contribution in [2.45, 2.75) is 19.7 Å². The Morgan fingerprint density at radius 1 is 0.833 bits per heavy atom. The lowest BCUT2D eigenvalue weighted by Crippen LogP contribution is -2.14. The van der Waals surface area contributed by atoms with Crippen LogP contribution < -0.4 is 10.1 Å². The Balaban J connectivity index is 1.59. The summed E-state index contributed by atoms with van der Waals surface area (Å²) in [4.78, 5) is 4.28. The van der Waals surface area contributed by atoms with Crippen molar-refractivity contribution in [1.82, 2.24) is 10.3 Å². The van der Waals surface area contributed by atoms with Gasteiger partial charge in [0.05, 0.1) is 5.69 Å². The quantitative estimate of drug-likeness (QED) is 0.711. The summed E-state index contributed by atoms with van der Waals surface area (Å²) in [5, 5.41) is 3.35. The maximum Gasteiger partial charge on any atom is 0.129 e. The average molecular weight is 322 g/mol. The molecule has 0 unspecified atom stereocenters. The topological polar surface area (TPSA) is 34.1 Å². The van der Waals surface area contributed by atoms with Gasteiger partial charge in [0.1, 0.15) is 18.2 Å². The van der Waals surface area contributed by atoms with Crippen molar-refractivity contribution in [2.75, 3.05) is 0 Å². The molecular formula is C20H19FN2O. The predicted octanol–water partition coefficient (Wildman–Crippen LogP) is 4.09. The molecule has 122 valence electrons.